The topological polar surface area (TPSA) is 48.2 Å². The average Bonchev–Trinajstić information content (AvgIpc) is 3.15. The Morgan fingerprint density at radius 1 is 1.26 bits per heavy atom. The van der Waals surface area contributed by atoms with E-state index in [-0.39, 0.29) is 6.61 Å². The van der Waals surface area contributed by atoms with E-state index in [1.807, 2.05) is 26.0 Å². The van der Waals surface area contributed by atoms with Crippen molar-refractivity contribution in [1.82, 2.24) is 10.2 Å². The molecular formula is C16H15BrN2O2S2. The molecule has 0 saturated carbocycles. The first-order valence-corrected chi connectivity index (χ1v) is 9.64. The summed E-state index contributed by atoms with van der Waals surface area (Å²) in [7, 11) is 0. The molecule has 0 radical (unpaired) electrons. The summed E-state index contributed by atoms with van der Waals surface area (Å²) in [5.74, 6) is 2.14. The fraction of sp³-hybridized carbons (Fsp3) is 0.250. The molecule has 4 nitrogen and oxygen atoms in total. The highest BCUT2D eigenvalue weighted by Crippen LogP contribution is 2.27. The number of thioether (sulfide) groups is 1. The van der Waals surface area contributed by atoms with Crippen LogP contribution in [0.1, 0.15) is 22.6 Å². The first-order chi connectivity index (χ1) is 11.1. The van der Waals surface area contributed by atoms with Crippen LogP contribution in [0.4, 0.5) is 0 Å². The minimum Gasteiger partial charge on any atom is -0.484 e. The molecule has 0 amide bonds. The van der Waals surface area contributed by atoms with Crippen molar-refractivity contribution >= 4 is 39.0 Å². The van der Waals surface area contributed by atoms with Gasteiger partial charge in [-0.25, -0.2) is 0 Å². The monoisotopic (exact) mass is 410 g/mol. The van der Waals surface area contributed by atoms with Crippen LogP contribution in [-0.4, -0.2) is 10.2 Å². The lowest BCUT2D eigenvalue weighted by atomic mass is 10.1. The summed E-state index contributed by atoms with van der Waals surface area (Å²) in [5, 5.41) is 10.8. The minimum atomic E-state index is 0.280. The summed E-state index contributed by atoms with van der Waals surface area (Å²) in [5.41, 5.74) is 3.49. The molecule has 3 rings (SSSR count). The van der Waals surface area contributed by atoms with Crippen molar-refractivity contribution in [3.05, 3.63) is 56.0 Å². The van der Waals surface area contributed by atoms with E-state index < -0.39 is 0 Å². The molecule has 120 valence electrons. The summed E-state index contributed by atoms with van der Waals surface area (Å²) >= 11 is 6.65. The van der Waals surface area contributed by atoms with Crippen LogP contribution in [0.3, 0.4) is 0 Å². The SMILES string of the molecule is Cc1ccc(C)c(OCc2nnc(SCc3csc(Br)c3)o2)c1. The van der Waals surface area contributed by atoms with Gasteiger partial charge in [-0.1, -0.05) is 23.9 Å². The molecule has 3 aromatic rings. The van der Waals surface area contributed by atoms with Crippen molar-refractivity contribution in [2.24, 2.45) is 0 Å². The van der Waals surface area contributed by atoms with Gasteiger partial charge < -0.3 is 9.15 Å². The molecule has 0 unspecified atom stereocenters. The highest BCUT2D eigenvalue weighted by Gasteiger charge is 2.09. The number of rotatable bonds is 6. The number of aryl methyl sites for hydroxylation is 2. The predicted octanol–water partition coefficient (Wildman–Crippen LogP) is 5.38. The molecule has 1 aromatic carbocycles. The first kappa shape index (κ1) is 16.5. The Morgan fingerprint density at radius 3 is 2.91 bits per heavy atom. The molecule has 0 aliphatic rings. The number of ether oxygens (including phenoxy) is 1. The summed E-state index contributed by atoms with van der Waals surface area (Å²) in [6.07, 6.45) is 0. The molecular weight excluding hydrogens is 396 g/mol. The second-order valence-electron chi connectivity index (χ2n) is 5.07. The molecule has 2 heterocycles. The predicted molar refractivity (Wildman–Crippen MR) is 96.1 cm³/mol. The van der Waals surface area contributed by atoms with E-state index in [1.165, 1.54) is 17.3 Å². The van der Waals surface area contributed by atoms with Gasteiger partial charge in [-0.2, -0.15) is 0 Å². The van der Waals surface area contributed by atoms with E-state index in [0.717, 1.165) is 26.4 Å². The van der Waals surface area contributed by atoms with Crippen molar-refractivity contribution in [1.29, 1.82) is 0 Å². The summed E-state index contributed by atoms with van der Waals surface area (Å²) in [4.78, 5) is 0. The zero-order valence-electron chi connectivity index (χ0n) is 12.7. The maximum atomic E-state index is 5.77. The summed E-state index contributed by atoms with van der Waals surface area (Å²) < 4.78 is 12.5. The van der Waals surface area contributed by atoms with E-state index in [0.29, 0.717) is 11.1 Å². The van der Waals surface area contributed by atoms with Crippen LogP contribution in [0.15, 0.2) is 43.1 Å². The van der Waals surface area contributed by atoms with Crippen molar-refractivity contribution in [3.8, 4) is 5.75 Å². The van der Waals surface area contributed by atoms with Gasteiger partial charge in [0.1, 0.15) is 5.75 Å². The standard InChI is InChI=1S/C16H15BrN2O2S2/c1-10-3-4-11(2)13(5-10)20-7-15-18-19-16(21-15)23-9-12-6-14(17)22-8-12/h3-6,8H,7,9H2,1-2H3. The molecule has 0 aliphatic heterocycles. The Bertz CT molecular complexity index is 801. The van der Waals surface area contributed by atoms with Gasteiger partial charge in [-0.3, -0.25) is 0 Å². The molecule has 0 atom stereocenters. The number of benzene rings is 1. The highest BCUT2D eigenvalue weighted by molar-refractivity contribution is 9.11. The number of halogens is 1. The van der Waals surface area contributed by atoms with Crippen LogP contribution in [0.5, 0.6) is 5.75 Å². The summed E-state index contributed by atoms with van der Waals surface area (Å²) in [6, 6.07) is 8.21. The molecule has 0 fully saturated rings. The Labute approximate surface area is 151 Å². The third-order valence-electron chi connectivity index (χ3n) is 3.13. The normalized spacial score (nSPS) is 10.9. The average molecular weight is 411 g/mol. The van der Waals surface area contributed by atoms with Crippen LogP contribution in [0, 0.1) is 13.8 Å². The number of hydrogen-bond acceptors (Lipinski definition) is 6. The molecule has 0 N–H and O–H groups in total. The van der Waals surface area contributed by atoms with Gasteiger partial charge in [0.15, 0.2) is 6.61 Å². The van der Waals surface area contributed by atoms with Crippen LogP contribution in [-0.2, 0) is 12.4 Å². The number of aromatic nitrogens is 2. The first-order valence-electron chi connectivity index (χ1n) is 6.98. The van der Waals surface area contributed by atoms with E-state index >= 15 is 0 Å². The van der Waals surface area contributed by atoms with Crippen LogP contribution in [0.2, 0.25) is 0 Å². The third kappa shape index (κ3) is 4.59. The lowest BCUT2D eigenvalue weighted by molar-refractivity contribution is 0.250. The van der Waals surface area contributed by atoms with Crippen LogP contribution >= 0.6 is 39.0 Å². The third-order valence-corrected chi connectivity index (χ3v) is 5.57. The largest absolute Gasteiger partial charge is 0.484 e. The minimum absolute atomic E-state index is 0.280. The summed E-state index contributed by atoms with van der Waals surface area (Å²) in [6.45, 7) is 4.33. The molecule has 7 heteroatoms. The number of nitrogens with zero attached hydrogens (tertiary/aromatic N) is 2. The maximum absolute atomic E-state index is 5.77. The number of hydrogen-bond donors (Lipinski definition) is 0. The molecule has 0 bridgehead atoms. The zero-order chi connectivity index (χ0) is 16.2. The Hall–Kier alpha value is -1.31. The maximum Gasteiger partial charge on any atom is 0.277 e. The highest BCUT2D eigenvalue weighted by atomic mass is 79.9. The van der Waals surface area contributed by atoms with Gasteiger partial charge in [0.05, 0.1) is 3.79 Å². The molecule has 0 spiro atoms. The molecule has 23 heavy (non-hydrogen) atoms. The van der Waals surface area contributed by atoms with Gasteiger partial charge in [0.2, 0.25) is 0 Å². The molecule has 0 aliphatic carbocycles. The van der Waals surface area contributed by atoms with Gasteiger partial charge in [-0.05, 0) is 64.0 Å². The lowest BCUT2D eigenvalue weighted by Crippen LogP contribution is -1.97. The van der Waals surface area contributed by atoms with Crippen molar-refractivity contribution < 1.29 is 9.15 Å². The number of thiophene rings is 1. The fourth-order valence-electron chi connectivity index (χ4n) is 1.92. The second kappa shape index (κ2) is 7.51. The van der Waals surface area contributed by atoms with Crippen LogP contribution < -0.4 is 4.74 Å². The van der Waals surface area contributed by atoms with Gasteiger partial charge in [-0.15, -0.1) is 21.5 Å². The van der Waals surface area contributed by atoms with Gasteiger partial charge in [0.25, 0.3) is 11.1 Å². The molecule has 0 saturated heterocycles. The van der Waals surface area contributed by atoms with E-state index in [9.17, 15) is 0 Å². The van der Waals surface area contributed by atoms with E-state index in [2.05, 4.69) is 43.6 Å². The van der Waals surface area contributed by atoms with Crippen LogP contribution in [0.25, 0.3) is 0 Å². The van der Waals surface area contributed by atoms with Crippen molar-refractivity contribution in [3.63, 3.8) is 0 Å². The van der Waals surface area contributed by atoms with Crippen molar-refractivity contribution in [2.45, 2.75) is 31.4 Å². The van der Waals surface area contributed by atoms with E-state index in [1.54, 1.807) is 11.3 Å². The Kier molecular flexibility index (Phi) is 5.40. The van der Waals surface area contributed by atoms with E-state index in [4.69, 9.17) is 9.15 Å². The lowest BCUT2D eigenvalue weighted by Gasteiger charge is -2.07. The Balaban J connectivity index is 1.55. The Morgan fingerprint density at radius 2 is 2.13 bits per heavy atom. The fourth-order valence-corrected chi connectivity index (χ4v) is 3.95. The molecule has 2 aromatic heterocycles. The van der Waals surface area contributed by atoms with Gasteiger partial charge >= 0.3 is 0 Å². The smallest absolute Gasteiger partial charge is 0.277 e. The second-order valence-corrected chi connectivity index (χ2v) is 8.28. The van der Waals surface area contributed by atoms with Gasteiger partial charge in [0, 0.05) is 5.75 Å². The van der Waals surface area contributed by atoms with Crippen molar-refractivity contribution in [2.75, 3.05) is 0 Å². The quantitative estimate of drug-likeness (QED) is 0.510. The zero-order valence-corrected chi connectivity index (χ0v) is 15.9.